The summed E-state index contributed by atoms with van der Waals surface area (Å²) in [4.78, 5) is 4.68. The van der Waals surface area contributed by atoms with Gasteiger partial charge in [-0.05, 0) is 32.0 Å². The first-order valence-electron chi connectivity index (χ1n) is 10.1. The number of sulfonamides is 1. The van der Waals surface area contributed by atoms with Crippen molar-refractivity contribution in [1.29, 1.82) is 0 Å². The quantitative estimate of drug-likeness (QED) is 0.428. The molecule has 32 heavy (non-hydrogen) atoms. The van der Waals surface area contributed by atoms with Crippen LogP contribution in [0.15, 0.2) is 63.9 Å². The van der Waals surface area contributed by atoms with Gasteiger partial charge in [-0.1, -0.05) is 30.3 Å². The molecule has 2 atom stereocenters. The van der Waals surface area contributed by atoms with Crippen LogP contribution in [0, 0.1) is 5.82 Å². The largest absolute Gasteiger partial charge is 0.373 e. The second kappa shape index (κ2) is 9.45. The molecule has 10 heteroatoms. The Morgan fingerprint density at radius 1 is 1.19 bits per heavy atom. The molecule has 0 aliphatic carbocycles. The fourth-order valence-electron chi connectivity index (χ4n) is 3.49. The summed E-state index contributed by atoms with van der Waals surface area (Å²) < 4.78 is 47.1. The molecule has 1 saturated heterocycles. The van der Waals surface area contributed by atoms with Gasteiger partial charge in [0.2, 0.25) is 15.2 Å². The minimum atomic E-state index is -3.65. The molecule has 0 bridgehead atoms. The second-order valence-electron chi connectivity index (χ2n) is 7.54. The highest BCUT2D eigenvalue weighted by molar-refractivity contribution is 7.89. The predicted molar refractivity (Wildman–Crippen MR) is 124 cm³/mol. The zero-order chi connectivity index (χ0) is 22.7. The Morgan fingerprint density at radius 2 is 1.94 bits per heavy atom. The van der Waals surface area contributed by atoms with E-state index in [2.05, 4.69) is 15.5 Å². The first-order valence-corrected chi connectivity index (χ1v) is 12.4. The zero-order valence-corrected chi connectivity index (χ0v) is 19.2. The molecule has 0 amide bonds. The molecular weight excluding hydrogens is 451 g/mol. The molecular formula is C22H23FN4O3S2. The molecule has 168 valence electrons. The van der Waals surface area contributed by atoms with Crippen LogP contribution in [0.3, 0.4) is 0 Å². The van der Waals surface area contributed by atoms with E-state index < -0.39 is 10.0 Å². The zero-order valence-electron chi connectivity index (χ0n) is 17.6. The minimum absolute atomic E-state index is 0.159. The van der Waals surface area contributed by atoms with Crippen molar-refractivity contribution in [2.45, 2.75) is 31.0 Å². The van der Waals surface area contributed by atoms with E-state index in [1.165, 1.54) is 27.9 Å². The van der Waals surface area contributed by atoms with Gasteiger partial charge in [0.25, 0.3) is 0 Å². The fourth-order valence-corrected chi connectivity index (χ4v) is 5.79. The van der Waals surface area contributed by atoms with Gasteiger partial charge in [0.15, 0.2) is 0 Å². The standard InChI is InChI=1S/C22H23FN4O3S2/c1-15-12-27(13-16(2)30-15)32(28,29)19-8-5-7-17(10-19)21-14-31-22(25-21)26-24-11-18-6-3-4-9-20(18)23/h3-11,14-16H,12-13H2,1-2H3,(H,25,26)/b24-11-/t15-,16-/m1/s1. The highest BCUT2D eigenvalue weighted by atomic mass is 32.2. The second-order valence-corrected chi connectivity index (χ2v) is 10.3. The van der Waals surface area contributed by atoms with Gasteiger partial charge in [0, 0.05) is 29.6 Å². The molecule has 1 N–H and O–H groups in total. The number of halogens is 1. The summed E-state index contributed by atoms with van der Waals surface area (Å²) in [5, 5.41) is 6.35. The number of thiazole rings is 1. The van der Waals surface area contributed by atoms with Gasteiger partial charge in [-0.15, -0.1) is 11.3 Å². The number of benzene rings is 2. The Kier molecular flexibility index (Phi) is 6.66. The number of nitrogens with zero attached hydrogens (tertiary/aromatic N) is 3. The summed E-state index contributed by atoms with van der Waals surface area (Å²) in [6, 6.07) is 13.1. The Labute approximate surface area is 190 Å². The molecule has 0 spiro atoms. The predicted octanol–water partition coefficient (Wildman–Crippen LogP) is 4.19. The molecule has 1 aromatic heterocycles. The molecule has 1 fully saturated rings. The third kappa shape index (κ3) is 5.04. The van der Waals surface area contributed by atoms with Crippen LogP contribution in [0.1, 0.15) is 19.4 Å². The average molecular weight is 475 g/mol. The van der Waals surface area contributed by atoms with Crippen molar-refractivity contribution in [2.24, 2.45) is 5.10 Å². The molecule has 2 aromatic carbocycles. The summed E-state index contributed by atoms with van der Waals surface area (Å²) in [5.41, 5.74) is 4.46. The number of hydrogen-bond donors (Lipinski definition) is 1. The van der Waals surface area contributed by atoms with E-state index in [1.54, 1.807) is 36.4 Å². The van der Waals surface area contributed by atoms with Gasteiger partial charge in [0.05, 0.1) is 29.0 Å². The van der Waals surface area contributed by atoms with Crippen molar-refractivity contribution in [3.8, 4) is 11.3 Å². The van der Waals surface area contributed by atoms with Crippen molar-refractivity contribution in [2.75, 3.05) is 18.5 Å². The Bertz CT molecular complexity index is 1220. The van der Waals surface area contributed by atoms with E-state index in [1.807, 2.05) is 25.3 Å². The summed E-state index contributed by atoms with van der Waals surface area (Å²) >= 11 is 1.32. The maximum absolute atomic E-state index is 13.7. The van der Waals surface area contributed by atoms with Gasteiger partial charge < -0.3 is 4.74 Å². The summed E-state index contributed by atoms with van der Waals surface area (Å²) in [6.45, 7) is 4.38. The lowest BCUT2D eigenvalue weighted by molar-refractivity contribution is -0.0440. The number of hydrogen-bond acceptors (Lipinski definition) is 7. The van der Waals surface area contributed by atoms with E-state index in [4.69, 9.17) is 4.74 Å². The van der Waals surface area contributed by atoms with E-state index in [-0.39, 0.29) is 22.9 Å². The summed E-state index contributed by atoms with van der Waals surface area (Å²) in [7, 11) is -3.65. The van der Waals surface area contributed by atoms with Crippen LogP contribution in [0.2, 0.25) is 0 Å². The molecule has 0 radical (unpaired) electrons. The number of morpholine rings is 1. The fraction of sp³-hybridized carbons (Fsp3) is 0.273. The number of nitrogens with one attached hydrogen (secondary N) is 1. The van der Waals surface area contributed by atoms with Crippen molar-refractivity contribution in [3.63, 3.8) is 0 Å². The molecule has 0 unspecified atom stereocenters. The normalized spacial score (nSPS) is 20.0. The number of ether oxygens (including phenoxy) is 1. The van der Waals surface area contributed by atoms with Crippen LogP contribution in [0.25, 0.3) is 11.3 Å². The highest BCUT2D eigenvalue weighted by Crippen LogP contribution is 2.28. The lowest BCUT2D eigenvalue weighted by atomic mass is 10.2. The van der Waals surface area contributed by atoms with Crippen LogP contribution in [-0.4, -0.2) is 49.2 Å². The van der Waals surface area contributed by atoms with E-state index in [0.29, 0.717) is 35.0 Å². The first-order chi connectivity index (χ1) is 15.3. The van der Waals surface area contributed by atoms with E-state index >= 15 is 0 Å². The number of hydrazone groups is 1. The summed E-state index contributed by atoms with van der Waals surface area (Å²) in [6.07, 6.45) is 1.07. The van der Waals surface area contributed by atoms with Crippen LogP contribution >= 0.6 is 11.3 Å². The van der Waals surface area contributed by atoms with Crippen LogP contribution in [-0.2, 0) is 14.8 Å². The van der Waals surface area contributed by atoms with Crippen molar-refractivity contribution < 1.29 is 17.5 Å². The molecule has 7 nitrogen and oxygen atoms in total. The molecule has 3 aromatic rings. The van der Waals surface area contributed by atoms with Crippen LogP contribution in [0.4, 0.5) is 9.52 Å². The Morgan fingerprint density at radius 3 is 2.69 bits per heavy atom. The number of anilines is 1. The lowest BCUT2D eigenvalue weighted by Gasteiger charge is -2.34. The Balaban J connectivity index is 1.50. The minimum Gasteiger partial charge on any atom is -0.373 e. The number of rotatable bonds is 6. The topological polar surface area (TPSA) is 83.9 Å². The highest BCUT2D eigenvalue weighted by Gasteiger charge is 2.32. The van der Waals surface area contributed by atoms with Gasteiger partial charge >= 0.3 is 0 Å². The van der Waals surface area contributed by atoms with E-state index in [9.17, 15) is 12.8 Å². The van der Waals surface area contributed by atoms with Gasteiger partial charge in [-0.25, -0.2) is 17.8 Å². The third-order valence-corrected chi connectivity index (χ3v) is 7.50. The monoisotopic (exact) mass is 474 g/mol. The molecule has 2 heterocycles. The molecule has 1 aliphatic heterocycles. The lowest BCUT2D eigenvalue weighted by Crippen LogP contribution is -2.48. The average Bonchev–Trinajstić information content (AvgIpc) is 3.23. The van der Waals surface area contributed by atoms with Crippen molar-refractivity contribution in [3.05, 3.63) is 65.3 Å². The van der Waals surface area contributed by atoms with Gasteiger partial charge in [-0.2, -0.15) is 9.41 Å². The maximum Gasteiger partial charge on any atom is 0.243 e. The van der Waals surface area contributed by atoms with Gasteiger partial charge in [-0.3, -0.25) is 5.43 Å². The van der Waals surface area contributed by atoms with E-state index in [0.717, 1.165) is 0 Å². The smallest absolute Gasteiger partial charge is 0.243 e. The van der Waals surface area contributed by atoms with Crippen LogP contribution < -0.4 is 5.43 Å². The summed E-state index contributed by atoms with van der Waals surface area (Å²) in [5.74, 6) is -0.361. The number of aromatic nitrogens is 1. The maximum atomic E-state index is 13.7. The van der Waals surface area contributed by atoms with Gasteiger partial charge in [0.1, 0.15) is 5.82 Å². The molecule has 4 rings (SSSR count). The van der Waals surface area contributed by atoms with Crippen LogP contribution in [0.5, 0.6) is 0 Å². The SMILES string of the molecule is C[C@@H]1CN(S(=O)(=O)c2cccc(-c3csc(N/N=C\c4ccccc4F)n3)c2)C[C@@H](C)O1. The van der Waals surface area contributed by atoms with Crippen molar-refractivity contribution in [1.82, 2.24) is 9.29 Å². The van der Waals surface area contributed by atoms with Crippen molar-refractivity contribution >= 4 is 32.7 Å². The third-order valence-electron chi connectivity index (χ3n) is 4.93. The molecule has 0 saturated carbocycles. The Hall–Kier alpha value is -2.66. The molecule has 1 aliphatic rings. The first kappa shape index (κ1) is 22.5.